The van der Waals surface area contributed by atoms with Crippen LogP contribution in [0.15, 0.2) is 35.7 Å². The minimum absolute atomic E-state index is 0.142. The van der Waals surface area contributed by atoms with Crippen LogP contribution in [0.4, 0.5) is 0 Å². The van der Waals surface area contributed by atoms with E-state index < -0.39 is 11.1 Å². The molecule has 1 N–H and O–H groups in total. The van der Waals surface area contributed by atoms with Gasteiger partial charge in [0.15, 0.2) is 0 Å². The summed E-state index contributed by atoms with van der Waals surface area (Å²) >= 11 is 1.59. The lowest BCUT2D eigenvalue weighted by molar-refractivity contribution is 0.0681. The number of likely N-dealkylation sites (tertiary alicyclic amines) is 1. The van der Waals surface area contributed by atoms with Crippen LogP contribution in [0.1, 0.15) is 65.4 Å². The van der Waals surface area contributed by atoms with Crippen molar-refractivity contribution in [1.82, 2.24) is 14.8 Å². The molecule has 2 aliphatic heterocycles. The number of hydrogen-bond donors (Lipinski definition) is 1. The van der Waals surface area contributed by atoms with Gasteiger partial charge in [-0.25, -0.2) is 0 Å². The quantitative estimate of drug-likeness (QED) is 0.482. The van der Waals surface area contributed by atoms with Crippen molar-refractivity contribution in [3.05, 3.63) is 52.5 Å². The lowest BCUT2D eigenvalue weighted by Crippen LogP contribution is -2.52. The molecular weight excluding hydrogens is 510 g/mol. The van der Waals surface area contributed by atoms with Crippen molar-refractivity contribution < 1.29 is 14.3 Å². The molecule has 8 nitrogen and oxygen atoms in total. The highest BCUT2D eigenvalue weighted by Gasteiger charge is 2.42. The number of benzene rings is 1. The minimum atomic E-state index is -0.830. The van der Waals surface area contributed by atoms with Crippen LogP contribution < -0.4 is 10.1 Å². The molecule has 1 aliphatic carbocycles. The second kappa shape index (κ2) is 9.29. The second-order valence-electron chi connectivity index (χ2n) is 10.8. The van der Waals surface area contributed by atoms with Crippen molar-refractivity contribution in [1.29, 1.82) is 10.5 Å². The molecule has 1 saturated heterocycles. The van der Waals surface area contributed by atoms with Gasteiger partial charge in [-0.15, -0.1) is 11.3 Å². The molecule has 3 aliphatic rings. The largest absolute Gasteiger partial charge is 0.496 e. The fraction of sp³-hybridized carbons (Fsp3) is 0.400. The van der Waals surface area contributed by atoms with E-state index in [1.54, 1.807) is 23.3 Å². The summed E-state index contributed by atoms with van der Waals surface area (Å²) in [6.45, 7) is 2.98. The predicted molar refractivity (Wildman–Crippen MR) is 147 cm³/mol. The molecular formula is C30H29N5O3S. The smallest absolute Gasteiger partial charge is 0.271 e. The number of thiophene rings is 1. The Labute approximate surface area is 231 Å². The Kier molecular flexibility index (Phi) is 6.00. The molecule has 2 amide bonds. The van der Waals surface area contributed by atoms with Crippen molar-refractivity contribution in [2.75, 3.05) is 13.7 Å². The molecule has 39 heavy (non-hydrogen) atoms. The Morgan fingerprint density at radius 2 is 1.90 bits per heavy atom. The van der Waals surface area contributed by atoms with Crippen LogP contribution in [0.2, 0.25) is 0 Å². The van der Waals surface area contributed by atoms with Gasteiger partial charge in [-0.3, -0.25) is 9.59 Å². The summed E-state index contributed by atoms with van der Waals surface area (Å²) < 4.78 is 7.68. The third kappa shape index (κ3) is 3.92. The summed E-state index contributed by atoms with van der Waals surface area (Å²) in [5.74, 6) is -0.0126. The van der Waals surface area contributed by atoms with E-state index in [4.69, 9.17) is 4.74 Å². The maximum atomic E-state index is 13.9. The number of nitrogens with zero attached hydrogens (tertiary/aromatic N) is 4. The molecule has 1 aromatic carbocycles. The lowest BCUT2D eigenvalue weighted by Gasteiger charge is -2.36. The molecule has 9 heteroatoms. The van der Waals surface area contributed by atoms with Crippen LogP contribution in [0.25, 0.3) is 21.7 Å². The van der Waals surface area contributed by atoms with Gasteiger partial charge in [-0.05, 0) is 80.7 Å². The fourth-order valence-corrected chi connectivity index (χ4v) is 6.86. The molecule has 4 heterocycles. The molecule has 0 radical (unpaired) electrons. The number of methoxy groups -OCH3 is 1. The average Bonchev–Trinajstić information content (AvgIpc) is 3.68. The van der Waals surface area contributed by atoms with E-state index in [1.807, 2.05) is 47.2 Å². The molecule has 198 valence electrons. The molecule has 3 aromatic rings. The second-order valence-corrected chi connectivity index (χ2v) is 11.8. The van der Waals surface area contributed by atoms with Gasteiger partial charge in [-0.1, -0.05) is 6.07 Å². The summed E-state index contributed by atoms with van der Waals surface area (Å²) in [5.41, 5.74) is 2.99. The molecule has 2 aromatic heterocycles. The van der Waals surface area contributed by atoms with E-state index in [0.717, 1.165) is 40.1 Å². The summed E-state index contributed by atoms with van der Waals surface area (Å²) in [4.78, 5) is 30.1. The van der Waals surface area contributed by atoms with Gasteiger partial charge in [0.2, 0.25) is 0 Å². The van der Waals surface area contributed by atoms with Gasteiger partial charge in [-0.2, -0.15) is 10.5 Å². The Balaban J connectivity index is 1.49. The number of ether oxygens (including phenoxy) is 1. The highest BCUT2D eigenvalue weighted by Crippen LogP contribution is 2.44. The zero-order valence-corrected chi connectivity index (χ0v) is 22.9. The van der Waals surface area contributed by atoms with Crippen LogP contribution in [0, 0.1) is 22.7 Å². The van der Waals surface area contributed by atoms with Crippen molar-refractivity contribution in [3.8, 4) is 39.6 Å². The SMILES string of the molecule is COc1cc2c(cc1C(=O)NC1(C#N)CCC1)-c1c(-c3cccs3)cc(C(=O)N3CCC[C@]3(C)C#N)n1CC2. The van der Waals surface area contributed by atoms with Gasteiger partial charge in [0, 0.05) is 29.1 Å². The molecule has 0 unspecified atom stereocenters. The monoisotopic (exact) mass is 539 g/mol. The maximum Gasteiger partial charge on any atom is 0.271 e. The van der Waals surface area contributed by atoms with Gasteiger partial charge in [0.05, 0.1) is 30.5 Å². The first-order valence-corrected chi connectivity index (χ1v) is 14.2. The number of carbonyl (C=O) groups is 2. The first-order valence-electron chi connectivity index (χ1n) is 13.3. The van der Waals surface area contributed by atoms with Gasteiger partial charge >= 0.3 is 0 Å². The maximum absolute atomic E-state index is 13.9. The van der Waals surface area contributed by atoms with Crippen LogP contribution in [-0.4, -0.2) is 46.0 Å². The Morgan fingerprint density at radius 3 is 2.54 bits per heavy atom. The molecule has 0 bridgehead atoms. The third-order valence-electron chi connectivity index (χ3n) is 8.53. The zero-order valence-electron chi connectivity index (χ0n) is 22.0. The predicted octanol–water partition coefficient (Wildman–Crippen LogP) is 5.14. The standard InChI is InChI=1S/C30H29N5O3S/c1-29(17-31)8-5-11-35(29)28(37)23-16-22(25-6-3-13-39-25)26-20-15-21(27(36)33-30(18-32)9-4-10-30)24(38-2)14-19(20)7-12-34(23)26/h3,6,13-16H,4-5,7-12H2,1-2H3,(H,33,36)/t29-/m1/s1. The van der Waals surface area contributed by atoms with E-state index >= 15 is 0 Å². The van der Waals surface area contributed by atoms with Crippen LogP contribution >= 0.6 is 11.3 Å². The average molecular weight is 540 g/mol. The van der Waals surface area contributed by atoms with Gasteiger partial charge < -0.3 is 19.5 Å². The summed E-state index contributed by atoms with van der Waals surface area (Å²) in [7, 11) is 1.55. The van der Waals surface area contributed by atoms with E-state index in [9.17, 15) is 20.1 Å². The number of rotatable bonds is 5. The Hall–Kier alpha value is -4.08. The van der Waals surface area contributed by atoms with Crippen molar-refractivity contribution >= 4 is 23.2 Å². The number of hydrogen-bond acceptors (Lipinski definition) is 6. The number of aryl methyl sites for hydroxylation is 1. The van der Waals surface area contributed by atoms with Crippen molar-refractivity contribution in [2.24, 2.45) is 0 Å². The Morgan fingerprint density at radius 1 is 1.08 bits per heavy atom. The first-order chi connectivity index (χ1) is 18.8. The number of aromatic nitrogens is 1. The zero-order chi connectivity index (χ0) is 27.4. The molecule has 1 atom stereocenters. The number of fused-ring (bicyclic) bond motifs is 3. The third-order valence-corrected chi connectivity index (χ3v) is 9.44. The van der Waals surface area contributed by atoms with Gasteiger partial charge in [0.1, 0.15) is 22.5 Å². The topological polar surface area (TPSA) is 111 Å². The van der Waals surface area contributed by atoms with Crippen LogP contribution in [0.3, 0.4) is 0 Å². The number of nitrogens with one attached hydrogen (secondary N) is 1. The molecule has 6 rings (SSSR count). The van der Waals surface area contributed by atoms with Gasteiger partial charge in [0.25, 0.3) is 11.8 Å². The highest BCUT2D eigenvalue weighted by atomic mass is 32.1. The summed E-state index contributed by atoms with van der Waals surface area (Å²) in [6, 6.07) is 14.3. The van der Waals surface area contributed by atoms with Crippen molar-refractivity contribution in [3.63, 3.8) is 0 Å². The number of amides is 2. The van der Waals surface area contributed by atoms with E-state index in [-0.39, 0.29) is 11.8 Å². The normalized spacial score (nSPS) is 20.7. The lowest BCUT2D eigenvalue weighted by atomic mass is 9.78. The van der Waals surface area contributed by atoms with Crippen molar-refractivity contribution in [2.45, 2.75) is 63.1 Å². The highest BCUT2D eigenvalue weighted by molar-refractivity contribution is 7.13. The van der Waals surface area contributed by atoms with E-state index in [2.05, 4.69) is 17.5 Å². The molecule has 1 saturated carbocycles. The first kappa shape index (κ1) is 25.2. The molecule has 2 fully saturated rings. The van der Waals surface area contributed by atoms with E-state index in [1.165, 1.54) is 0 Å². The number of carbonyl (C=O) groups excluding carboxylic acids is 2. The number of nitriles is 2. The summed E-state index contributed by atoms with van der Waals surface area (Å²) in [5, 5.41) is 24.5. The minimum Gasteiger partial charge on any atom is -0.496 e. The summed E-state index contributed by atoms with van der Waals surface area (Å²) in [6.07, 6.45) is 4.30. The Bertz CT molecular complexity index is 1570. The molecule has 0 spiro atoms. The van der Waals surface area contributed by atoms with E-state index in [0.29, 0.717) is 55.8 Å². The fourth-order valence-electron chi connectivity index (χ4n) is 6.12. The van der Waals surface area contributed by atoms with Crippen LogP contribution in [0.5, 0.6) is 5.75 Å². The van der Waals surface area contributed by atoms with Crippen LogP contribution in [-0.2, 0) is 13.0 Å².